The van der Waals surface area contributed by atoms with E-state index in [1.807, 2.05) is 35.2 Å². The summed E-state index contributed by atoms with van der Waals surface area (Å²) >= 11 is 3.37. The number of hydrogen-bond donors (Lipinski definition) is 0. The van der Waals surface area contributed by atoms with Crippen molar-refractivity contribution in [3.8, 4) is 0 Å². The second kappa shape index (κ2) is 8.31. The van der Waals surface area contributed by atoms with Crippen molar-refractivity contribution in [3.63, 3.8) is 0 Å². The predicted octanol–water partition coefficient (Wildman–Crippen LogP) is 4.30. The van der Waals surface area contributed by atoms with Gasteiger partial charge >= 0.3 is 0 Å². The molecule has 0 unspecified atom stereocenters. The van der Waals surface area contributed by atoms with Crippen LogP contribution in [0.1, 0.15) is 12.5 Å². The topological polar surface area (TPSA) is 36.4 Å². The first-order valence-corrected chi connectivity index (χ1v) is 11.1. The van der Waals surface area contributed by atoms with Gasteiger partial charge in [0.1, 0.15) is 0 Å². The molecule has 4 nitrogen and oxygen atoms in total. The van der Waals surface area contributed by atoms with Crippen LogP contribution in [0.3, 0.4) is 0 Å². The third-order valence-corrected chi connectivity index (χ3v) is 6.93. The second-order valence-electron chi connectivity index (χ2n) is 6.62. The summed E-state index contributed by atoms with van der Waals surface area (Å²) in [6, 6.07) is 16.6. The molecule has 0 bridgehead atoms. The van der Waals surface area contributed by atoms with Gasteiger partial charge in [0, 0.05) is 31.1 Å². The third kappa shape index (κ3) is 4.28. The summed E-state index contributed by atoms with van der Waals surface area (Å²) in [7, 11) is 0. The number of fused-ring (bicyclic) bond motifs is 1. The minimum Gasteiger partial charge on any atom is -0.345 e. The largest absolute Gasteiger partial charge is 0.345 e. The van der Waals surface area contributed by atoms with Gasteiger partial charge in [-0.1, -0.05) is 42.5 Å². The smallest absolute Gasteiger partial charge is 0.233 e. The number of aromatic nitrogens is 1. The molecule has 0 aliphatic carbocycles. The maximum absolute atomic E-state index is 12.5. The van der Waals surface area contributed by atoms with Gasteiger partial charge in [-0.2, -0.15) is 0 Å². The molecule has 0 atom stereocenters. The van der Waals surface area contributed by atoms with Crippen molar-refractivity contribution in [2.45, 2.75) is 18.2 Å². The molecule has 0 radical (unpaired) electrons. The fourth-order valence-corrected chi connectivity index (χ4v) is 5.12. The molecular weight excluding hydrogens is 374 g/mol. The first-order chi connectivity index (χ1) is 13.2. The maximum Gasteiger partial charge on any atom is 0.233 e. The molecule has 1 aliphatic heterocycles. The Kier molecular flexibility index (Phi) is 5.64. The lowest BCUT2D eigenvalue weighted by atomic mass is 10.2. The first-order valence-electron chi connectivity index (χ1n) is 9.33. The van der Waals surface area contributed by atoms with Crippen LogP contribution in [0, 0.1) is 0 Å². The molecular formula is C21H23N3OS2. The summed E-state index contributed by atoms with van der Waals surface area (Å²) in [6.45, 7) is 5.41. The molecule has 1 fully saturated rings. The van der Waals surface area contributed by atoms with Crippen molar-refractivity contribution >= 4 is 44.4 Å². The molecule has 0 spiro atoms. The number of aryl methyl sites for hydroxylation is 1. The van der Waals surface area contributed by atoms with Crippen molar-refractivity contribution in [1.29, 1.82) is 0 Å². The molecule has 1 aromatic heterocycles. The Balaban J connectivity index is 1.33. The Morgan fingerprint density at radius 3 is 2.63 bits per heavy atom. The number of anilines is 1. The number of thioether (sulfide) groups is 1. The Hall–Kier alpha value is -2.05. The highest BCUT2D eigenvalue weighted by molar-refractivity contribution is 8.00. The van der Waals surface area contributed by atoms with Crippen LogP contribution < -0.4 is 4.90 Å². The van der Waals surface area contributed by atoms with E-state index < -0.39 is 0 Å². The highest BCUT2D eigenvalue weighted by Crippen LogP contribution is 2.30. The third-order valence-electron chi connectivity index (χ3n) is 4.86. The van der Waals surface area contributed by atoms with E-state index in [-0.39, 0.29) is 5.91 Å². The maximum atomic E-state index is 12.5. The molecule has 6 heteroatoms. The Morgan fingerprint density at radius 2 is 1.89 bits per heavy atom. The summed E-state index contributed by atoms with van der Waals surface area (Å²) in [4.78, 5) is 22.7. The molecule has 0 saturated carbocycles. The van der Waals surface area contributed by atoms with E-state index in [2.05, 4.69) is 30.0 Å². The van der Waals surface area contributed by atoms with Gasteiger partial charge in [-0.25, -0.2) is 4.98 Å². The standard InChI is InChI=1S/C21H23N3OS2/c1-2-16-8-9-18-19(14-16)27-21(22-18)24-12-10-23(11-13-24)20(25)15-26-17-6-4-3-5-7-17/h3-9,14H,2,10-13,15H2,1H3. The van der Waals surface area contributed by atoms with Gasteiger partial charge in [-0.3, -0.25) is 4.79 Å². The van der Waals surface area contributed by atoms with Crippen LogP contribution in [0.2, 0.25) is 0 Å². The van der Waals surface area contributed by atoms with Crippen molar-refractivity contribution in [2.75, 3.05) is 36.8 Å². The molecule has 1 saturated heterocycles. The molecule has 2 aromatic carbocycles. The minimum absolute atomic E-state index is 0.223. The monoisotopic (exact) mass is 397 g/mol. The molecule has 1 amide bonds. The highest BCUT2D eigenvalue weighted by Gasteiger charge is 2.23. The number of rotatable bonds is 5. The lowest BCUT2D eigenvalue weighted by Crippen LogP contribution is -2.49. The summed E-state index contributed by atoms with van der Waals surface area (Å²) in [5.41, 5.74) is 2.42. The Morgan fingerprint density at radius 1 is 1.11 bits per heavy atom. The number of amides is 1. The van der Waals surface area contributed by atoms with Gasteiger partial charge in [0.2, 0.25) is 5.91 Å². The summed E-state index contributed by atoms with van der Waals surface area (Å²) in [5.74, 6) is 0.727. The first kappa shape index (κ1) is 18.3. The van der Waals surface area contributed by atoms with E-state index in [9.17, 15) is 4.79 Å². The van der Waals surface area contributed by atoms with Crippen molar-refractivity contribution in [3.05, 3.63) is 54.1 Å². The summed E-state index contributed by atoms with van der Waals surface area (Å²) in [6.07, 6.45) is 1.05. The van der Waals surface area contributed by atoms with Crippen LogP contribution in [0.4, 0.5) is 5.13 Å². The number of carbonyl (C=O) groups is 1. The number of benzene rings is 2. The average Bonchev–Trinajstić information content (AvgIpc) is 3.16. The van der Waals surface area contributed by atoms with E-state index in [4.69, 9.17) is 4.98 Å². The summed E-state index contributed by atoms with van der Waals surface area (Å²) < 4.78 is 1.25. The Bertz CT molecular complexity index is 918. The van der Waals surface area contributed by atoms with E-state index in [0.717, 1.165) is 48.1 Å². The predicted molar refractivity (Wildman–Crippen MR) is 115 cm³/mol. The quantitative estimate of drug-likeness (QED) is 0.602. The normalized spacial score (nSPS) is 14.7. The molecule has 3 aromatic rings. The Labute approximate surface area is 168 Å². The molecule has 140 valence electrons. The van der Waals surface area contributed by atoms with Gasteiger partial charge in [-0.15, -0.1) is 11.8 Å². The number of carbonyl (C=O) groups excluding carboxylic acids is 1. The number of hydrogen-bond acceptors (Lipinski definition) is 5. The number of nitrogens with zero attached hydrogens (tertiary/aromatic N) is 3. The van der Waals surface area contributed by atoms with Gasteiger partial charge in [0.15, 0.2) is 5.13 Å². The molecule has 2 heterocycles. The summed E-state index contributed by atoms with van der Waals surface area (Å²) in [5, 5.41) is 1.07. The zero-order valence-electron chi connectivity index (χ0n) is 15.4. The van der Waals surface area contributed by atoms with Crippen LogP contribution in [0.25, 0.3) is 10.2 Å². The van der Waals surface area contributed by atoms with Gasteiger partial charge in [0.05, 0.1) is 16.0 Å². The molecule has 1 aliphatic rings. The average molecular weight is 398 g/mol. The molecule has 27 heavy (non-hydrogen) atoms. The van der Waals surface area contributed by atoms with Crippen molar-refractivity contribution < 1.29 is 4.79 Å². The number of thiazole rings is 1. The number of piperazine rings is 1. The van der Waals surface area contributed by atoms with Crippen molar-refractivity contribution in [1.82, 2.24) is 9.88 Å². The van der Waals surface area contributed by atoms with E-state index >= 15 is 0 Å². The van der Waals surface area contributed by atoms with Crippen molar-refractivity contribution in [2.24, 2.45) is 0 Å². The zero-order chi connectivity index (χ0) is 18.6. The van der Waals surface area contributed by atoms with E-state index in [1.54, 1.807) is 23.1 Å². The van der Waals surface area contributed by atoms with E-state index in [0.29, 0.717) is 5.75 Å². The van der Waals surface area contributed by atoms with E-state index in [1.165, 1.54) is 10.3 Å². The van der Waals surface area contributed by atoms with Crippen LogP contribution in [0.5, 0.6) is 0 Å². The molecule has 4 rings (SSSR count). The second-order valence-corrected chi connectivity index (χ2v) is 8.68. The lowest BCUT2D eigenvalue weighted by molar-refractivity contribution is -0.128. The van der Waals surface area contributed by atoms with Gasteiger partial charge < -0.3 is 9.80 Å². The van der Waals surface area contributed by atoms with Crippen LogP contribution in [-0.2, 0) is 11.2 Å². The minimum atomic E-state index is 0.223. The lowest BCUT2D eigenvalue weighted by Gasteiger charge is -2.34. The van der Waals surface area contributed by atoms with Crippen LogP contribution in [0.15, 0.2) is 53.4 Å². The van der Waals surface area contributed by atoms with Crippen LogP contribution >= 0.6 is 23.1 Å². The highest BCUT2D eigenvalue weighted by atomic mass is 32.2. The molecule has 0 N–H and O–H groups in total. The SMILES string of the molecule is CCc1ccc2nc(N3CCN(C(=O)CSc4ccccc4)CC3)sc2c1. The van der Waals surface area contributed by atoms with Gasteiger partial charge in [0.25, 0.3) is 0 Å². The van der Waals surface area contributed by atoms with Gasteiger partial charge in [-0.05, 0) is 36.2 Å². The fraction of sp³-hybridized carbons (Fsp3) is 0.333. The fourth-order valence-electron chi connectivity index (χ4n) is 3.21. The van der Waals surface area contributed by atoms with Crippen LogP contribution in [-0.4, -0.2) is 47.7 Å². The zero-order valence-corrected chi connectivity index (χ0v) is 17.1.